The van der Waals surface area contributed by atoms with Crippen LogP contribution in [0.25, 0.3) is 11.0 Å². The number of Topliss-reactive ketones (excluding diaryl/α,β-unsaturated/α-hetero) is 1. The third-order valence-corrected chi connectivity index (χ3v) is 6.15. The highest BCUT2D eigenvalue weighted by Gasteiger charge is 2.27. The smallest absolute Gasteiger partial charge is 0.317 e. The number of carbonyl (C=O) groups excluding carboxylic acids is 2. The monoisotopic (exact) mass is 587 g/mol. The van der Waals surface area contributed by atoms with E-state index < -0.39 is 83.4 Å². The van der Waals surface area contributed by atoms with E-state index in [1.54, 1.807) is 48.5 Å². The van der Waals surface area contributed by atoms with Crippen molar-refractivity contribution >= 4 is 28.7 Å². The minimum absolute atomic E-state index is 0.0635. The Morgan fingerprint density at radius 3 is 1.98 bits per heavy atom. The van der Waals surface area contributed by atoms with E-state index in [4.69, 9.17) is 0 Å². The van der Waals surface area contributed by atoms with Crippen LogP contribution in [0.2, 0.25) is 0 Å². The van der Waals surface area contributed by atoms with Gasteiger partial charge in [-0.15, -0.1) is 0 Å². The Morgan fingerprint density at radius 2 is 1.38 bits per heavy atom. The fourth-order valence-electron chi connectivity index (χ4n) is 4.18. The lowest BCUT2D eigenvalue weighted by molar-refractivity contribution is -0.140. The average molecular weight is 587 g/mol. The molecule has 0 fully saturated rings. The summed E-state index contributed by atoms with van der Waals surface area (Å²) in [5, 5.41) is 11.3. The van der Waals surface area contributed by atoms with Gasteiger partial charge in [-0.05, 0) is 17.7 Å². The van der Waals surface area contributed by atoms with E-state index in [-0.39, 0.29) is 18.1 Å². The molecule has 218 valence electrons. The van der Waals surface area contributed by atoms with Crippen LogP contribution in [0.5, 0.6) is 5.75 Å². The van der Waals surface area contributed by atoms with Gasteiger partial charge in [0.05, 0.1) is 24.0 Å². The summed E-state index contributed by atoms with van der Waals surface area (Å²) in [7, 11) is 0. The molecule has 0 aliphatic rings. The summed E-state index contributed by atoms with van der Waals surface area (Å²) in [6, 6.07) is 13.2. The minimum atomic E-state index is -1.92. The molecular formula is C28H21F4N3O7. The Kier molecular flexibility index (Phi) is 8.84. The second kappa shape index (κ2) is 12.5. The molecule has 14 heteroatoms. The normalized spacial score (nSPS) is 11.7. The van der Waals surface area contributed by atoms with Crippen LogP contribution in [-0.4, -0.2) is 44.5 Å². The molecule has 4 rings (SSSR count). The number of para-hydroxylation sites is 2. The zero-order valence-corrected chi connectivity index (χ0v) is 21.5. The van der Waals surface area contributed by atoms with E-state index in [9.17, 15) is 46.6 Å². The fourth-order valence-corrected chi connectivity index (χ4v) is 4.18. The number of halogens is 4. The van der Waals surface area contributed by atoms with Gasteiger partial charge in [0.2, 0.25) is 17.5 Å². The molecule has 0 saturated carbocycles. The highest BCUT2D eigenvalue weighted by Crippen LogP contribution is 2.26. The maximum atomic E-state index is 13.9. The van der Waals surface area contributed by atoms with Crippen molar-refractivity contribution in [2.45, 2.75) is 25.6 Å². The molecule has 4 aromatic rings. The van der Waals surface area contributed by atoms with E-state index in [0.717, 1.165) is 10.1 Å². The Labute approximate surface area is 233 Å². The molecule has 1 unspecified atom stereocenters. The number of benzene rings is 3. The molecule has 0 aliphatic heterocycles. The molecular weight excluding hydrogens is 566 g/mol. The Morgan fingerprint density at radius 1 is 0.833 bits per heavy atom. The molecule has 42 heavy (non-hydrogen) atoms. The van der Waals surface area contributed by atoms with Crippen LogP contribution in [0.1, 0.15) is 12.0 Å². The van der Waals surface area contributed by atoms with Crippen LogP contribution in [-0.2, 0) is 27.5 Å². The Hall–Kier alpha value is -5.27. The van der Waals surface area contributed by atoms with Gasteiger partial charge in [0.15, 0.2) is 23.2 Å². The number of nitrogens with zero attached hydrogens (tertiary/aromatic N) is 2. The zero-order valence-electron chi connectivity index (χ0n) is 21.5. The molecule has 0 saturated heterocycles. The largest absolute Gasteiger partial charge is 0.481 e. The quantitative estimate of drug-likeness (QED) is 0.156. The number of carboxylic acids is 1. The topological polar surface area (TPSA) is 137 Å². The lowest BCUT2D eigenvalue weighted by Gasteiger charge is -2.18. The number of hydrogen-bond donors (Lipinski definition) is 2. The maximum absolute atomic E-state index is 13.9. The van der Waals surface area contributed by atoms with Gasteiger partial charge in [-0.3, -0.25) is 33.1 Å². The Balaban J connectivity index is 1.57. The second-order valence-corrected chi connectivity index (χ2v) is 9.03. The number of ketones is 1. The van der Waals surface area contributed by atoms with Crippen molar-refractivity contribution < 1.29 is 41.8 Å². The summed E-state index contributed by atoms with van der Waals surface area (Å²) in [4.78, 5) is 62.9. The second-order valence-electron chi connectivity index (χ2n) is 9.03. The van der Waals surface area contributed by atoms with Gasteiger partial charge >= 0.3 is 17.1 Å². The number of carboxylic acid groups (broad SMARTS) is 1. The molecule has 0 aliphatic carbocycles. The van der Waals surface area contributed by atoms with E-state index in [0.29, 0.717) is 5.52 Å². The lowest BCUT2D eigenvalue weighted by Crippen LogP contribution is -2.48. The zero-order chi connectivity index (χ0) is 30.6. The predicted octanol–water partition coefficient (Wildman–Crippen LogP) is 2.38. The van der Waals surface area contributed by atoms with Crippen LogP contribution in [0, 0.1) is 23.3 Å². The number of carbonyl (C=O) groups is 3. The van der Waals surface area contributed by atoms with Crippen molar-refractivity contribution in [3.05, 3.63) is 110 Å². The predicted molar refractivity (Wildman–Crippen MR) is 139 cm³/mol. The number of amides is 1. The number of ether oxygens (including phenoxy) is 1. The van der Waals surface area contributed by atoms with Crippen molar-refractivity contribution in [3.63, 3.8) is 0 Å². The van der Waals surface area contributed by atoms with Crippen molar-refractivity contribution in [2.75, 3.05) is 6.61 Å². The van der Waals surface area contributed by atoms with Crippen molar-refractivity contribution in [2.24, 2.45) is 0 Å². The number of nitrogens with one attached hydrogen (secondary N) is 1. The van der Waals surface area contributed by atoms with Gasteiger partial charge < -0.3 is 15.2 Å². The number of aromatic nitrogens is 2. The summed E-state index contributed by atoms with van der Waals surface area (Å²) in [6.07, 6.45) is -1.01. The fraction of sp³-hybridized carbons (Fsp3) is 0.179. The van der Waals surface area contributed by atoms with E-state index in [1.807, 2.05) is 0 Å². The maximum Gasteiger partial charge on any atom is 0.317 e. The van der Waals surface area contributed by atoms with E-state index in [1.165, 1.54) is 10.6 Å². The van der Waals surface area contributed by atoms with Crippen LogP contribution in [0.15, 0.2) is 70.3 Å². The molecule has 1 atom stereocenters. The number of aliphatic carboxylic acids is 1. The van der Waals surface area contributed by atoms with Crippen molar-refractivity contribution in [3.8, 4) is 5.75 Å². The lowest BCUT2D eigenvalue weighted by atomic mass is 10.1. The number of hydrogen-bond acceptors (Lipinski definition) is 6. The van der Waals surface area contributed by atoms with Crippen LogP contribution >= 0.6 is 0 Å². The SMILES string of the molecule is O=C(O)CC(NC(=O)Cn1c(=O)c(=O)n(Cc2ccccc2)c2ccccc21)C(=O)COc1c(F)c(F)cc(F)c1F. The summed E-state index contributed by atoms with van der Waals surface area (Å²) in [5.74, 6) is -12.8. The molecule has 1 amide bonds. The molecule has 3 aromatic carbocycles. The first-order chi connectivity index (χ1) is 20.0. The third-order valence-electron chi connectivity index (χ3n) is 6.15. The van der Waals surface area contributed by atoms with Gasteiger partial charge in [0.25, 0.3) is 0 Å². The molecule has 1 aromatic heterocycles. The highest BCUT2D eigenvalue weighted by molar-refractivity contribution is 5.93. The van der Waals surface area contributed by atoms with Gasteiger partial charge in [0.1, 0.15) is 19.2 Å². The highest BCUT2D eigenvalue weighted by atomic mass is 19.2. The van der Waals surface area contributed by atoms with Crippen LogP contribution in [0.4, 0.5) is 17.6 Å². The number of rotatable bonds is 11. The molecule has 0 bridgehead atoms. The summed E-state index contributed by atoms with van der Waals surface area (Å²) in [6.45, 7) is -2.01. The third kappa shape index (κ3) is 6.37. The van der Waals surface area contributed by atoms with Gasteiger partial charge in [-0.25, -0.2) is 8.78 Å². The van der Waals surface area contributed by atoms with Gasteiger partial charge in [-0.1, -0.05) is 42.5 Å². The first-order valence-electron chi connectivity index (χ1n) is 12.2. The van der Waals surface area contributed by atoms with Crippen LogP contribution in [0.3, 0.4) is 0 Å². The van der Waals surface area contributed by atoms with Gasteiger partial charge in [0, 0.05) is 6.07 Å². The molecule has 10 nitrogen and oxygen atoms in total. The first-order valence-corrected chi connectivity index (χ1v) is 12.2. The molecule has 1 heterocycles. The average Bonchev–Trinajstić information content (AvgIpc) is 2.96. The van der Waals surface area contributed by atoms with Crippen molar-refractivity contribution in [1.29, 1.82) is 0 Å². The summed E-state index contributed by atoms with van der Waals surface area (Å²) < 4.78 is 61.3. The number of fused-ring (bicyclic) bond motifs is 1. The molecule has 0 spiro atoms. The summed E-state index contributed by atoms with van der Waals surface area (Å²) >= 11 is 0. The standard InChI is InChI=1S/C28H21F4N3O7/c29-16-10-17(30)25(32)26(24(16)31)42-14-21(36)18(11-23(38)39)33-22(37)13-35-20-9-5-4-8-19(20)34(27(40)28(35)41)12-15-6-2-1-3-7-15/h1-10,18H,11-14H2,(H,33,37)(H,38,39). The van der Waals surface area contributed by atoms with E-state index in [2.05, 4.69) is 10.1 Å². The van der Waals surface area contributed by atoms with Crippen molar-refractivity contribution in [1.82, 2.24) is 14.5 Å². The molecule has 0 radical (unpaired) electrons. The summed E-state index contributed by atoms with van der Waals surface area (Å²) in [5.41, 5.74) is -0.766. The van der Waals surface area contributed by atoms with E-state index >= 15 is 0 Å². The minimum Gasteiger partial charge on any atom is -0.481 e. The van der Waals surface area contributed by atoms with Gasteiger partial charge in [-0.2, -0.15) is 8.78 Å². The first kappa shape index (κ1) is 29.7. The Bertz CT molecular complexity index is 1780. The van der Waals surface area contributed by atoms with Crippen LogP contribution < -0.4 is 21.2 Å². The molecule has 2 N–H and O–H groups in total.